The Hall–Kier alpha value is -4.36. The van der Waals surface area contributed by atoms with E-state index in [0.717, 1.165) is 6.54 Å². The van der Waals surface area contributed by atoms with Gasteiger partial charge in [0.15, 0.2) is 5.96 Å². The van der Waals surface area contributed by atoms with Gasteiger partial charge in [-0.2, -0.15) is 0 Å². The molecule has 0 aromatic rings. The molecule has 0 heterocycles. The molecule has 49 heavy (non-hydrogen) atoms. The van der Waals surface area contributed by atoms with Crippen LogP contribution in [0.15, 0.2) is 4.99 Å². The summed E-state index contributed by atoms with van der Waals surface area (Å²) in [7, 11) is 5.98. The topological polar surface area (TPSA) is 316 Å². The summed E-state index contributed by atoms with van der Waals surface area (Å²) in [5, 5.41) is 23.0. The van der Waals surface area contributed by atoms with Gasteiger partial charge in [-0.3, -0.25) is 33.8 Å². The molecule has 0 spiro atoms. The third-order valence-electron chi connectivity index (χ3n) is 7.15. The van der Waals surface area contributed by atoms with Crippen LogP contribution in [0.25, 0.3) is 0 Å². The van der Waals surface area contributed by atoms with Crippen molar-refractivity contribution in [3.05, 3.63) is 0 Å². The number of aliphatic imine (C=N–C) groups is 1. The third-order valence-corrected chi connectivity index (χ3v) is 7.15. The zero-order valence-electron chi connectivity index (χ0n) is 29.5. The van der Waals surface area contributed by atoms with Crippen molar-refractivity contribution in [3.63, 3.8) is 0 Å². The van der Waals surface area contributed by atoms with Crippen LogP contribution in [0.3, 0.4) is 0 Å². The van der Waals surface area contributed by atoms with Gasteiger partial charge in [-0.25, -0.2) is 0 Å². The maximum atomic E-state index is 13.6. The van der Waals surface area contributed by atoms with E-state index in [1.165, 1.54) is 20.8 Å². The third kappa shape index (κ3) is 19.9. The molecule has 0 unspecified atom stereocenters. The van der Waals surface area contributed by atoms with Crippen molar-refractivity contribution in [2.24, 2.45) is 27.9 Å². The molecule has 19 nitrogen and oxygen atoms in total. The summed E-state index contributed by atoms with van der Waals surface area (Å²) in [4.78, 5) is 91.9. The molecule has 280 valence electrons. The number of unbranched alkanes of at least 4 members (excludes halogenated alkanes) is 1. The van der Waals surface area contributed by atoms with Crippen molar-refractivity contribution in [3.8, 4) is 0 Å². The summed E-state index contributed by atoms with van der Waals surface area (Å²) < 4.78 is 0.649. The Bertz CT molecular complexity index is 1150. The fraction of sp³-hybridized carbons (Fsp3) is 0.733. The van der Waals surface area contributed by atoms with Crippen LogP contribution in [-0.2, 0) is 33.6 Å². The molecular formula is C30H58N11O8+. The second kappa shape index (κ2) is 22.3. The number of aliphatic hydroxyl groups is 1. The van der Waals surface area contributed by atoms with E-state index in [1.807, 2.05) is 21.1 Å². The van der Waals surface area contributed by atoms with Crippen molar-refractivity contribution >= 4 is 47.7 Å². The van der Waals surface area contributed by atoms with Gasteiger partial charge in [0, 0.05) is 13.0 Å². The van der Waals surface area contributed by atoms with Gasteiger partial charge in [-0.1, -0.05) is 0 Å². The molecule has 0 aliphatic rings. The minimum Gasteiger partial charge on any atom is -0.391 e. The number of quaternary nitrogens is 1. The lowest BCUT2D eigenvalue weighted by atomic mass is 10.0. The Balaban J connectivity index is 6.15. The van der Waals surface area contributed by atoms with Gasteiger partial charge in [-0.15, -0.1) is 0 Å². The van der Waals surface area contributed by atoms with E-state index in [0.29, 0.717) is 23.6 Å². The number of aliphatic hydroxyl groups excluding tert-OH is 1. The lowest BCUT2D eigenvalue weighted by Gasteiger charge is -2.28. The number of amides is 6. The van der Waals surface area contributed by atoms with Crippen LogP contribution in [-0.4, -0.2) is 134 Å². The number of guanidine groups is 1. The summed E-state index contributed by atoms with van der Waals surface area (Å²) in [5.41, 5.74) is 21.6. The summed E-state index contributed by atoms with van der Waals surface area (Å²) >= 11 is 0. The number of aldehydes is 1. The lowest BCUT2D eigenvalue weighted by Crippen LogP contribution is -2.61. The monoisotopic (exact) mass is 700 g/mol. The molecule has 0 aliphatic heterocycles. The number of hydrogen-bond acceptors (Lipinski definition) is 10. The van der Waals surface area contributed by atoms with E-state index in [4.69, 9.17) is 22.9 Å². The normalized spacial score (nSPS) is 15.5. The summed E-state index contributed by atoms with van der Waals surface area (Å²) in [6, 6.07) is -7.07. The number of nitrogens with two attached hydrogens (primary N) is 4. The van der Waals surface area contributed by atoms with Crippen molar-refractivity contribution in [2.75, 3.05) is 34.2 Å². The van der Waals surface area contributed by atoms with E-state index in [1.54, 1.807) is 0 Å². The molecular weight excluding hydrogens is 642 g/mol. The molecule has 14 N–H and O–H groups in total. The molecule has 6 amide bonds. The number of hydrogen-bond donors (Lipinski definition) is 10. The van der Waals surface area contributed by atoms with E-state index in [2.05, 4.69) is 31.6 Å². The Kier molecular flexibility index (Phi) is 20.3. The second-order valence-corrected chi connectivity index (χ2v) is 13.1. The van der Waals surface area contributed by atoms with Crippen LogP contribution in [0, 0.1) is 0 Å². The van der Waals surface area contributed by atoms with Crippen LogP contribution < -0.4 is 49.5 Å². The fourth-order valence-electron chi connectivity index (χ4n) is 4.39. The predicted molar refractivity (Wildman–Crippen MR) is 182 cm³/mol. The van der Waals surface area contributed by atoms with E-state index < -0.39 is 77.8 Å². The number of nitrogens with zero attached hydrogens (tertiary/aromatic N) is 2. The van der Waals surface area contributed by atoms with Crippen LogP contribution >= 0.6 is 0 Å². The number of carbonyl (C=O) groups excluding carboxylic acids is 7. The molecule has 0 fully saturated rings. The Morgan fingerprint density at radius 1 is 0.714 bits per heavy atom. The van der Waals surface area contributed by atoms with Gasteiger partial charge >= 0.3 is 0 Å². The summed E-state index contributed by atoms with van der Waals surface area (Å²) in [5.74, 6) is -4.75. The van der Waals surface area contributed by atoms with Gasteiger partial charge in [0.05, 0.1) is 45.9 Å². The maximum absolute atomic E-state index is 13.6. The molecule has 0 radical (unpaired) electrons. The average molecular weight is 701 g/mol. The van der Waals surface area contributed by atoms with E-state index in [-0.39, 0.29) is 44.6 Å². The minimum absolute atomic E-state index is 0.0595. The summed E-state index contributed by atoms with van der Waals surface area (Å²) in [6.07, 6.45) is 0.201. The molecule has 0 saturated heterocycles. The molecule has 0 aromatic carbocycles. The average Bonchev–Trinajstić information content (AvgIpc) is 2.99. The quantitative estimate of drug-likeness (QED) is 0.0151. The largest absolute Gasteiger partial charge is 0.391 e. The highest BCUT2D eigenvalue weighted by molar-refractivity contribution is 5.96. The van der Waals surface area contributed by atoms with Crippen molar-refractivity contribution in [1.29, 1.82) is 0 Å². The Morgan fingerprint density at radius 3 is 1.69 bits per heavy atom. The molecule has 0 aromatic heterocycles. The zero-order valence-corrected chi connectivity index (χ0v) is 29.5. The van der Waals surface area contributed by atoms with Crippen LogP contribution in [0.1, 0.15) is 65.7 Å². The SMILES string of the molecule is C[C@H](N)C(=O)N[C@@H](CCCN=C(N)N)C(=O)N[C@H](C(=O)N[C@@H](CCCC[N+](C)(C)C)C(=O)N[C@@H](CCC(N)=O)C(=O)N[C@@H](C)C=O)[C@@H](C)O. The molecule has 0 rings (SSSR count). The van der Waals surface area contributed by atoms with Gasteiger partial charge in [0.2, 0.25) is 35.4 Å². The molecule has 0 saturated carbocycles. The highest BCUT2D eigenvalue weighted by atomic mass is 16.3. The standard InChI is InChI=1S/C30H57N11O8/c1-17(16-42)36-26(46)22(12-13-23(32)44)38-27(47)20(10-7-8-15-41(4,5)6)39-29(49)24(19(3)43)40-28(48)21(37-25(45)18(2)31)11-9-14-35-30(33)34/h16-22,24,43H,7-15,31H2,1-6H3,(H10-,32,33,34,35,36,37,38,39,40,44,45,46,47,48,49)/p+1/t17-,18-,19+,20-,21-,22-,24-/m0/s1. The Labute approximate surface area is 287 Å². The van der Waals surface area contributed by atoms with Gasteiger partial charge in [0.1, 0.15) is 30.5 Å². The number of primary amides is 1. The fourth-order valence-corrected chi connectivity index (χ4v) is 4.39. The van der Waals surface area contributed by atoms with E-state index >= 15 is 0 Å². The lowest BCUT2D eigenvalue weighted by molar-refractivity contribution is -0.870. The van der Waals surface area contributed by atoms with Crippen molar-refractivity contribution < 1.29 is 43.2 Å². The Morgan fingerprint density at radius 2 is 1.20 bits per heavy atom. The van der Waals surface area contributed by atoms with Crippen LogP contribution in [0.5, 0.6) is 0 Å². The molecule has 19 heteroatoms. The predicted octanol–water partition coefficient (Wildman–Crippen LogP) is -4.45. The first-order valence-electron chi connectivity index (χ1n) is 16.2. The molecule has 0 bridgehead atoms. The van der Waals surface area contributed by atoms with Gasteiger partial charge in [-0.05, 0) is 59.3 Å². The molecule has 0 aliphatic carbocycles. The highest BCUT2D eigenvalue weighted by Gasteiger charge is 2.33. The highest BCUT2D eigenvalue weighted by Crippen LogP contribution is 2.09. The van der Waals surface area contributed by atoms with Crippen LogP contribution in [0.4, 0.5) is 0 Å². The first kappa shape index (κ1) is 44.6. The number of nitrogens with one attached hydrogen (secondary N) is 5. The van der Waals surface area contributed by atoms with Crippen molar-refractivity contribution in [2.45, 2.75) is 108 Å². The van der Waals surface area contributed by atoms with Gasteiger partial charge in [0.25, 0.3) is 0 Å². The van der Waals surface area contributed by atoms with Crippen LogP contribution in [0.2, 0.25) is 0 Å². The van der Waals surface area contributed by atoms with E-state index in [9.17, 15) is 38.7 Å². The first-order valence-corrected chi connectivity index (χ1v) is 16.2. The maximum Gasteiger partial charge on any atom is 0.245 e. The number of carbonyl (C=O) groups is 7. The molecule has 7 atom stereocenters. The smallest absolute Gasteiger partial charge is 0.245 e. The zero-order chi connectivity index (χ0) is 37.9. The second-order valence-electron chi connectivity index (χ2n) is 13.1. The van der Waals surface area contributed by atoms with Crippen molar-refractivity contribution in [1.82, 2.24) is 26.6 Å². The number of rotatable bonds is 24. The first-order chi connectivity index (χ1) is 22.7. The van der Waals surface area contributed by atoms with Gasteiger partial charge < -0.3 is 63.9 Å². The summed E-state index contributed by atoms with van der Waals surface area (Å²) in [6.45, 7) is 5.01. The minimum atomic E-state index is -1.57.